The van der Waals surface area contributed by atoms with E-state index in [0.29, 0.717) is 0 Å². The topological polar surface area (TPSA) is 61.4 Å². The first-order valence-corrected chi connectivity index (χ1v) is 5.75. The molecule has 2 rings (SSSR count). The lowest BCUT2D eigenvalue weighted by Gasteiger charge is -2.17. The second kappa shape index (κ2) is 5.74. The molecule has 7 heteroatoms. The van der Waals surface area contributed by atoms with Gasteiger partial charge in [-0.15, -0.1) is 0 Å². The van der Waals surface area contributed by atoms with E-state index in [1.807, 2.05) is 0 Å². The molecule has 0 unspecified atom stereocenters. The highest BCUT2D eigenvalue weighted by Gasteiger charge is 2.26. The molecule has 21 heavy (non-hydrogen) atoms. The van der Waals surface area contributed by atoms with E-state index >= 15 is 0 Å². The van der Waals surface area contributed by atoms with Crippen molar-refractivity contribution in [2.24, 2.45) is 0 Å². The van der Waals surface area contributed by atoms with Gasteiger partial charge in [0, 0.05) is 5.69 Å². The van der Waals surface area contributed by atoms with Crippen molar-refractivity contribution in [1.82, 2.24) is 0 Å². The van der Waals surface area contributed by atoms with Gasteiger partial charge in [-0.1, -0.05) is 18.2 Å². The van der Waals surface area contributed by atoms with E-state index in [1.54, 1.807) is 18.2 Å². The van der Waals surface area contributed by atoms with E-state index < -0.39 is 40.4 Å². The van der Waals surface area contributed by atoms with Crippen LogP contribution < -0.4 is 15.2 Å². The molecule has 0 saturated carbocycles. The third-order valence-electron chi connectivity index (χ3n) is 2.73. The molecule has 110 valence electrons. The van der Waals surface area contributed by atoms with Crippen LogP contribution in [0.2, 0.25) is 0 Å². The molecule has 0 aliphatic carbocycles. The fraction of sp³-hybridized carbons (Fsp3) is 0.0714. The van der Waals surface area contributed by atoms with E-state index in [9.17, 15) is 23.1 Å². The van der Waals surface area contributed by atoms with Gasteiger partial charge in [0.1, 0.15) is 0 Å². The molecular weight excluding hydrogens is 287 g/mol. The number of carboxylic acid groups (broad SMARTS) is 1. The molecule has 0 spiro atoms. The van der Waals surface area contributed by atoms with Crippen LogP contribution in [0.1, 0.15) is 10.4 Å². The Bertz CT molecular complexity index is 690. The molecule has 1 N–H and O–H groups in total. The molecular formula is C14H9F3NO3-. The van der Waals surface area contributed by atoms with Gasteiger partial charge in [0.05, 0.1) is 24.3 Å². The maximum atomic E-state index is 14.1. The fourth-order valence-corrected chi connectivity index (χ4v) is 1.79. The summed E-state index contributed by atoms with van der Waals surface area (Å²) in [5.41, 5.74) is -1.72. The zero-order valence-corrected chi connectivity index (χ0v) is 10.7. The first-order valence-electron chi connectivity index (χ1n) is 5.75. The summed E-state index contributed by atoms with van der Waals surface area (Å²) in [5, 5.41) is 13.4. The lowest BCUT2D eigenvalue weighted by atomic mass is 10.1. The lowest BCUT2D eigenvalue weighted by molar-refractivity contribution is -0.255. The molecule has 0 heterocycles. The van der Waals surface area contributed by atoms with E-state index in [4.69, 9.17) is 0 Å². The highest BCUT2D eigenvalue weighted by atomic mass is 19.2. The van der Waals surface area contributed by atoms with Crippen molar-refractivity contribution in [3.63, 3.8) is 0 Å². The van der Waals surface area contributed by atoms with Crippen molar-refractivity contribution in [2.75, 3.05) is 12.4 Å². The Hall–Kier alpha value is -2.70. The van der Waals surface area contributed by atoms with Gasteiger partial charge in [0.15, 0.2) is 17.4 Å². The summed E-state index contributed by atoms with van der Waals surface area (Å²) >= 11 is 0. The minimum absolute atomic E-state index is 0.284. The van der Waals surface area contributed by atoms with Crippen LogP contribution in [-0.4, -0.2) is 13.1 Å². The van der Waals surface area contributed by atoms with E-state index in [0.717, 1.165) is 7.11 Å². The molecule has 0 saturated heterocycles. The van der Waals surface area contributed by atoms with Crippen molar-refractivity contribution in [1.29, 1.82) is 0 Å². The normalized spacial score (nSPS) is 10.3. The molecule has 0 aromatic heterocycles. The summed E-state index contributed by atoms with van der Waals surface area (Å²) in [6.45, 7) is 0. The number of carboxylic acids is 1. The van der Waals surface area contributed by atoms with E-state index in [2.05, 4.69) is 10.1 Å². The second-order valence-corrected chi connectivity index (χ2v) is 4.00. The first-order chi connectivity index (χ1) is 9.97. The van der Waals surface area contributed by atoms with Gasteiger partial charge >= 0.3 is 0 Å². The Labute approximate surface area is 117 Å². The SMILES string of the molecule is COc1c(F)c(F)c(C(=O)[O-])c(Nc2ccccc2)c1F. The van der Waals surface area contributed by atoms with Gasteiger partial charge in [-0.05, 0) is 12.1 Å². The molecule has 0 amide bonds. The van der Waals surface area contributed by atoms with Gasteiger partial charge in [0.25, 0.3) is 0 Å². The summed E-state index contributed by atoms with van der Waals surface area (Å²) < 4.78 is 45.9. The summed E-state index contributed by atoms with van der Waals surface area (Å²) in [4.78, 5) is 11.0. The van der Waals surface area contributed by atoms with Gasteiger partial charge in [-0.2, -0.15) is 4.39 Å². The van der Waals surface area contributed by atoms with Gasteiger partial charge in [-0.3, -0.25) is 0 Å². The number of carbonyl (C=O) groups excluding carboxylic acids is 1. The Balaban J connectivity index is 2.67. The van der Waals surface area contributed by atoms with Crippen molar-refractivity contribution in [3.05, 3.63) is 53.3 Å². The van der Waals surface area contributed by atoms with Crippen LogP contribution in [0.25, 0.3) is 0 Å². The van der Waals surface area contributed by atoms with Crippen LogP contribution in [0, 0.1) is 17.5 Å². The largest absolute Gasteiger partial charge is 0.545 e. The molecule has 0 atom stereocenters. The van der Waals surface area contributed by atoms with Crippen molar-refractivity contribution < 1.29 is 27.8 Å². The average molecular weight is 296 g/mol. The van der Waals surface area contributed by atoms with Crippen molar-refractivity contribution >= 4 is 17.3 Å². The third-order valence-corrected chi connectivity index (χ3v) is 2.73. The monoisotopic (exact) mass is 296 g/mol. The van der Waals surface area contributed by atoms with Crippen LogP contribution in [0.4, 0.5) is 24.5 Å². The van der Waals surface area contributed by atoms with E-state index in [1.165, 1.54) is 12.1 Å². The van der Waals surface area contributed by atoms with Gasteiger partial charge in [-0.25, -0.2) is 8.78 Å². The third kappa shape index (κ3) is 2.62. The molecule has 2 aromatic rings. The number of para-hydroxylation sites is 1. The van der Waals surface area contributed by atoms with Crippen LogP contribution in [0.5, 0.6) is 5.75 Å². The number of rotatable bonds is 4. The number of halogens is 3. The summed E-state index contributed by atoms with van der Waals surface area (Å²) in [7, 11) is 0.936. The highest BCUT2D eigenvalue weighted by molar-refractivity contribution is 5.95. The van der Waals surface area contributed by atoms with Crippen LogP contribution >= 0.6 is 0 Å². The fourth-order valence-electron chi connectivity index (χ4n) is 1.79. The maximum Gasteiger partial charge on any atom is 0.204 e. The molecule has 0 radical (unpaired) electrons. The molecule has 2 aromatic carbocycles. The second-order valence-electron chi connectivity index (χ2n) is 4.00. The lowest BCUT2D eigenvalue weighted by Crippen LogP contribution is -2.26. The standard InChI is InChI=1S/C14H10F3NO3/c1-21-13-10(16)9(15)8(14(19)20)12(11(13)17)18-7-5-3-2-4-6-7/h2-6,18H,1H3,(H,19,20)/p-1. The number of hydrogen-bond acceptors (Lipinski definition) is 4. The predicted octanol–water partition coefficient (Wildman–Crippen LogP) is 2.22. The zero-order valence-electron chi connectivity index (χ0n) is 10.7. The molecule has 0 fully saturated rings. The van der Waals surface area contributed by atoms with Gasteiger partial charge in [0.2, 0.25) is 5.82 Å². The van der Waals surface area contributed by atoms with Crippen molar-refractivity contribution in [2.45, 2.75) is 0 Å². The molecule has 0 aliphatic heterocycles. The first kappa shape index (κ1) is 14.7. The number of nitrogens with one attached hydrogen (secondary N) is 1. The number of hydrogen-bond donors (Lipinski definition) is 1. The summed E-state index contributed by atoms with van der Waals surface area (Å²) in [6.07, 6.45) is 0. The van der Waals surface area contributed by atoms with Crippen LogP contribution in [0.3, 0.4) is 0 Å². The smallest absolute Gasteiger partial charge is 0.204 e. The number of benzene rings is 2. The minimum atomic E-state index is -2.05. The number of anilines is 2. The van der Waals surface area contributed by atoms with Crippen molar-refractivity contribution in [3.8, 4) is 5.75 Å². The number of methoxy groups -OCH3 is 1. The Morgan fingerprint density at radius 3 is 2.24 bits per heavy atom. The minimum Gasteiger partial charge on any atom is -0.545 e. The number of aromatic carboxylic acids is 1. The predicted molar refractivity (Wildman–Crippen MR) is 66.9 cm³/mol. The molecule has 0 aliphatic rings. The Kier molecular flexibility index (Phi) is 4.02. The average Bonchev–Trinajstić information content (AvgIpc) is 2.46. The number of ether oxygens (including phenoxy) is 1. The quantitative estimate of drug-likeness (QED) is 0.879. The molecule has 4 nitrogen and oxygen atoms in total. The Morgan fingerprint density at radius 1 is 1.10 bits per heavy atom. The molecule has 0 bridgehead atoms. The number of carbonyl (C=O) groups is 1. The van der Waals surface area contributed by atoms with Gasteiger partial charge < -0.3 is 20.0 Å². The zero-order chi connectivity index (χ0) is 15.6. The highest BCUT2D eigenvalue weighted by Crippen LogP contribution is 2.35. The summed E-state index contributed by atoms with van der Waals surface area (Å²) in [5.74, 6) is -7.92. The Morgan fingerprint density at radius 2 is 1.71 bits per heavy atom. The maximum absolute atomic E-state index is 14.1. The van der Waals surface area contributed by atoms with Crippen LogP contribution in [0.15, 0.2) is 30.3 Å². The van der Waals surface area contributed by atoms with E-state index in [-0.39, 0.29) is 5.69 Å². The van der Waals surface area contributed by atoms with Crippen LogP contribution in [-0.2, 0) is 0 Å². The summed E-state index contributed by atoms with van der Waals surface area (Å²) in [6, 6.07) is 7.84.